The zero-order valence-corrected chi connectivity index (χ0v) is 22.0. The molecule has 10 nitrogen and oxygen atoms in total. The molecule has 0 bridgehead atoms. The van der Waals surface area contributed by atoms with Crippen LogP contribution in [-0.2, 0) is 14.3 Å². The third kappa shape index (κ3) is 5.32. The van der Waals surface area contributed by atoms with Crippen molar-refractivity contribution >= 4 is 29.4 Å². The SMILES string of the molecule is CCOC(=O)C1=C(C)N=c2sc(=Cc3ccc(OCC(=O)O)cc3)c(=O)n2[C@H]1c1ccc(OC)cc1OC. The zero-order valence-electron chi connectivity index (χ0n) is 21.2. The maximum absolute atomic E-state index is 13.8. The molecule has 0 aliphatic carbocycles. The molecule has 1 aliphatic heterocycles. The van der Waals surface area contributed by atoms with Gasteiger partial charge in [-0.25, -0.2) is 14.6 Å². The average Bonchev–Trinajstić information content (AvgIpc) is 3.21. The lowest BCUT2D eigenvalue weighted by molar-refractivity contribution is -0.140. The van der Waals surface area contributed by atoms with Crippen LogP contribution in [0.25, 0.3) is 6.08 Å². The lowest BCUT2D eigenvalue weighted by Crippen LogP contribution is -2.40. The van der Waals surface area contributed by atoms with Crippen LogP contribution in [0.2, 0.25) is 0 Å². The summed E-state index contributed by atoms with van der Waals surface area (Å²) >= 11 is 1.19. The lowest BCUT2D eigenvalue weighted by Gasteiger charge is -2.26. The normalized spacial score (nSPS) is 14.9. The highest BCUT2D eigenvalue weighted by atomic mass is 32.1. The van der Waals surface area contributed by atoms with Gasteiger partial charge in [-0.2, -0.15) is 0 Å². The first-order valence-electron chi connectivity index (χ1n) is 11.6. The molecule has 1 aromatic heterocycles. The van der Waals surface area contributed by atoms with Crippen LogP contribution in [0.1, 0.15) is 31.0 Å². The maximum atomic E-state index is 13.8. The van der Waals surface area contributed by atoms with Crippen LogP contribution >= 0.6 is 11.3 Å². The molecule has 0 unspecified atom stereocenters. The van der Waals surface area contributed by atoms with Crippen molar-refractivity contribution < 1.29 is 33.6 Å². The summed E-state index contributed by atoms with van der Waals surface area (Å²) in [6.45, 7) is 3.14. The number of hydrogen-bond acceptors (Lipinski definition) is 9. The van der Waals surface area contributed by atoms with Gasteiger partial charge in [0.05, 0.1) is 36.6 Å². The minimum absolute atomic E-state index is 0.165. The summed E-state index contributed by atoms with van der Waals surface area (Å²) in [5, 5.41) is 8.78. The highest BCUT2D eigenvalue weighted by molar-refractivity contribution is 7.07. The second-order valence-corrected chi connectivity index (χ2v) is 9.17. The van der Waals surface area contributed by atoms with E-state index < -0.39 is 24.6 Å². The number of nitrogens with zero attached hydrogens (tertiary/aromatic N) is 2. The van der Waals surface area contributed by atoms with Crippen molar-refractivity contribution in [2.24, 2.45) is 4.99 Å². The molecule has 0 amide bonds. The lowest BCUT2D eigenvalue weighted by atomic mass is 9.95. The minimum Gasteiger partial charge on any atom is -0.497 e. The molecule has 0 radical (unpaired) electrons. The number of rotatable bonds is 9. The fraction of sp³-hybridized carbons (Fsp3) is 0.259. The van der Waals surface area contributed by atoms with Gasteiger partial charge in [0.15, 0.2) is 11.4 Å². The number of carbonyl (C=O) groups excluding carboxylic acids is 1. The van der Waals surface area contributed by atoms with E-state index in [1.807, 2.05) is 0 Å². The number of hydrogen-bond donors (Lipinski definition) is 1. The van der Waals surface area contributed by atoms with Crippen LogP contribution in [0.5, 0.6) is 17.2 Å². The van der Waals surface area contributed by atoms with Gasteiger partial charge in [0.1, 0.15) is 23.3 Å². The monoisotopic (exact) mass is 538 g/mol. The number of aliphatic carboxylic acids is 1. The number of carboxylic acids is 1. The summed E-state index contributed by atoms with van der Waals surface area (Å²) in [6, 6.07) is 11.0. The van der Waals surface area contributed by atoms with E-state index in [4.69, 9.17) is 24.1 Å². The number of aromatic nitrogens is 1. The second kappa shape index (κ2) is 11.3. The molecule has 0 saturated carbocycles. The van der Waals surface area contributed by atoms with Gasteiger partial charge in [-0.1, -0.05) is 23.5 Å². The molecule has 0 saturated heterocycles. The Balaban J connectivity index is 1.86. The predicted octanol–water partition coefficient (Wildman–Crippen LogP) is 2.28. The van der Waals surface area contributed by atoms with Gasteiger partial charge in [-0.3, -0.25) is 9.36 Å². The molecule has 1 aliphatic rings. The molecule has 4 rings (SSSR count). The molecule has 38 heavy (non-hydrogen) atoms. The first-order valence-corrected chi connectivity index (χ1v) is 12.4. The Bertz CT molecular complexity index is 1580. The van der Waals surface area contributed by atoms with Crippen LogP contribution in [0, 0.1) is 0 Å². The van der Waals surface area contributed by atoms with Gasteiger partial charge in [0.2, 0.25) is 0 Å². The van der Waals surface area contributed by atoms with Crippen LogP contribution in [0.15, 0.2) is 63.5 Å². The Morgan fingerprint density at radius 1 is 1.11 bits per heavy atom. The number of carbonyl (C=O) groups is 2. The Hall–Kier alpha value is -4.38. The Kier molecular flexibility index (Phi) is 7.96. The van der Waals surface area contributed by atoms with Crippen LogP contribution in [-0.4, -0.2) is 49.0 Å². The van der Waals surface area contributed by atoms with E-state index in [2.05, 4.69) is 4.99 Å². The van der Waals surface area contributed by atoms with Gasteiger partial charge in [0, 0.05) is 11.6 Å². The summed E-state index contributed by atoms with van der Waals surface area (Å²) in [4.78, 5) is 42.6. The van der Waals surface area contributed by atoms with Gasteiger partial charge >= 0.3 is 11.9 Å². The molecular formula is C27H26N2O8S. The molecule has 0 spiro atoms. The summed E-state index contributed by atoms with van der Waals surface area (Å²) in [5.74, 6) is -0.240. The van der Waals surface area contributed by atoms with E-state index in [0.717, 1.165) is 0 Å². The number of ether oxygens (including phenoxy) is 4. The Morgan fingerprint density at radius 2 is 1.82 bits per heavy atom. The number of methoxy groups -OCH3 is 2. The van der Waals surface area contributed by atoms with E-state index in [9.17, 15) is 14.4 Å². The topological polar surface area (TPSA) is 126 Å². The largest absolute Gasteiger partial charge is 0.497 e. The molecule has 198 valence electrons. The number of benzene rings is 2. The standard InChI is InChI=1S/C27H26N2O8S/c1-5-36-26(33)23-15(2)28-27-29(24(23)19-11-10-18(34-3)13-20(19)35-4)25(32)21(38-27)12-16-6-8-17(9-7-16)37-14-22(30)31/h6-13,24H,5,14H2,1-4H3,(H,30,31)/t24-/m0/s1. The van der Waals surface area contributed by atoms with Crippen molar-refractivity contribution in [2.75, 3.05) is 27.4 Å². The number of carboxylic acid groups (broad SMARTS) is 1. The van der Waals surface area contributed by atoms with Crippen molar-refractivity contribution in [3.8, 4) is 17.2 Å². The zero-order chi connectivity index (χ0) is 27.4. The van der Waals surface area contributed by atoms with E-state index in [1.54, 1.807) is 62.4 Å². The fourth-order valence-electron chi connectivity index (χ4n) is 4.09. The van der Waals surface area contributed by atoms with E-state index >= 15 is 0 Å². The van der Waals surface area contributed by atoms with Crippen LogP contribution in [0.4, 0.5) is 0 Å². The molecule has 3 aromatic rings. The predicted molar refractivity (Wildman–Crippen MR) is 140 cm³/mol. The Labute approximate surface area is 221 Å². The van der Waals surface area contributed by atoms with Crippen molar-refractivity contribution in [1.82, 2.24) is 4.57 Å². The van der Waals surface area contributed by atoms with E-state index in [1.165, 1.54) is 30.1 Å². The number of thiazole rings is 1. The molecule has 0 fully saturated rings. The molecular weight excluding hydrogens is 512 g/mol. The third-order valence-electron chi connectivity index (χ3n) is 5.79. The number of allylic oxidation sites excluding steroid dienone is 1. The minimum atomic E-state index is -1.07. The first-order chi connectivity index (χ1) is 18.3. The van der Waals surface area contributed by atoms with Crippen molar-refractivity contribution in [3.63, 3.8) is 0 Å². The maximum Gasteiger partial charge on any atom is 0.341 e. The van der Waals surface area contributed by atoms with Crippen molar-refractivity contribution in [2.45, 2.75) is 19.9 Å². The number of esters is 1. The van der Waals surface area contributed by atoms with Gasteiger partial charge in [0.25, 0.3) is 5.56 Å². The van der Waals surface area contributed by atoms with Crippen LogP contribution in [0.3, 0.4) is 0 Å². The summed E-state index contributed by atoms with van der Waals surface area (Å²) < 4.78 is 23.3. The summed E-state index contributed by atoms with van der Waals surface area (Å²) in [7, 11) is 3.04. The van der Waals surface area contributed by atoms with E-state index in [-0.39, 0.29) is 17.7 Å². The van der Waals surface area contributed by atoms with Crippen LogP contribution < -0.4 is 29.1 Å². The van der Waals surface area contributed by atoms with Gasteiger partial charge in [-0.15, -0.1) is 0 Å². The van der Waals surface area contributed by atoms with Crippen molar-refractivity contribution in [1.29, 1.82) is 0 Å². The molecule has 2 aromatic carbocycles. The van der Waals surface area contributed by atoms with Gasteiger partial charge < -0.3 is 24.1 Å². The average molecular weight is 539 g/mol. The Morgan fingerprint density at radius 3 is 2.45 bits per heavy atom. The quantitative estimate of drug-likeness (QED) is 0.412. The van der Waals surface area contributed by atoms with E-state index in [0.29, 0.717) is 43.4 Å². The summed E-state index contributed by atoms with van der Waals surface area (Å²) in [6.07, 6.45) is 1.70. The molecule has 11 heteroatoms. The third-order valence-corrected chi connectivity index (χ3v) is 6.78. The van der Waals surface area contributed by atoms with Gasteiger partial charge in [-0.05, 0) is 49.8 Å². The highest BCUT2D eigenvalue weighted by Crippen LogP contribution is 2.37. The second-order valence-electron chi connectivity index (χ2n) is 8.16. The first kappa shape index (κ1) is 26.7. The van der Waals surface area contributed by atoms with Crippen molar-refractivity contribution in [3.05, 3.63) is 84.5 Å². The summed E-state index contributed by atoms with van der Waals surface area (Å²) in [5.41, 5.74) is 1.64. The molecule has 2 heterocycles. The molecule has 1 atom stereocenters. The number of fused-ring (bicyclic) bond motifs is 1. The smallest absolute Gasteiger partial charge is 0.341 e. The fourth-order valence-corrected chi connectivity index (χ4v) is 5.13. The molecule has 1 N–H and O–H groups in total. The highest BCUT2D eigenvalue weighted by Gasteiger charge is 2.35.